The molecule has 1 saturated heterocycles. The molecule has 0 aliphatic carbocycles. The molecule has 5 heteroatoms. The molecule has 29 heavy (non-hydrogen) atoms. The largest absolute Gasteiger partial charge is 0.497 e. The van der Waals surface area contributed by atoms with Crippen molar-refractivity contribution in [3.63, 3.8) is 0 Å². The molecule has 1 aromatic heterocycles. The number of hydrogen-bond donors (Lipinski definition) is 1. The van der Waals surface area contributed by atoms with Crippen LogP contribution < -0.4 is 15.0 Å². The average Bonchev–Trinajstić information content (AvgIpc) is 2.78. The third kappa shape index (κ3) is 4.86. The van der Waals surface area contributed by atoms with E-state index >= 15 is 0 Å². The summed E-state index contributed by atoms with van der Waals surface area (Å²) < 4.78 is 5.24. The molecule has 3 aromatic rings. The number of nitrogens with one attached hydrogen (secondary N) is 1. The quantitative estimate of drug-likeness (QED) is 0.644. The van der Waals surface area contributed by atoms with E-state index in [0.717, 1.165) is 41.9 Å². The maximum absolute atomic E-state index is 5.24. The molecule has 1 N–H and O–H groups in total. The van der Waals surface area contributed by atoms with Crippen LogP contribution in [0.25, 0.3) is 11.4 Å². The summed E-state index contributed by atoms with van der Waals surface area (Å²) in [6, 6.07) is 20.4. The van der Waals surface area contributed by atoms with Gasteiger partial charge in [-0.25, -0.2) is 9.97 Å². The van der Waals surface area contributed by atoms with E-state index in [1.165, 1.54) is 18.4 Å². The predicted octanol–water partition coefficient (Wildman–Crippen LogP) is 5.00. The molecular weight excluding hydrogens is 360 g/mol. The number of nitrogens with zero attached hydrogens (tertiary/aromatic N) is 3. The summed E-state index contributed by atoms with van der Waals surface area (Å²) in [5, 5.41) is 3.48. The highest BCUT2D eigenvalue weighted by Crippen LogP contribution is 2.26. The van der Waals surface area contributed by atoms with Gasteiger partial charge < -0.3 is 15.0 Å². The normalized spacial score (nSPS) is 16.5. The highest BCUT2D eigenvalue weighted by atomic mass is 16.5. The highest BCUT2D eigenvalue weighted by Gasteiger charge is 2.19. The third-order valence-corrected chi connectivity index (χ3v) is 5.36. The number of rotatable bonds is 6. The molecule has 0 spiro atoms. The molecule has 1 aliphatic rings. The van der Waals surface area contributed by atoms with Crippen molar-refractivity contribution < 1.29 is 4.74 Å². The summed E-state index contributed by atoms with van der Waals surface area (Å²) in [4.78, 5) is 12.1. The molecule has 0 radical (unpaired) electrons. The van der Waals surface area contributed by atoms with Crippen molar-refractivity contribution in [2.24, 2.45) is 5.92 Å². The van der Waals surface area contributed by atoms with E-state index in [0.29, 0.717) is 12.5 Å². The first-order valence-corrected chi connectivity index (χ1v) is 10.3. The van der Waals surface area contributed by atoms with E-state index in [2.05, 4.69) is 47.5 Å². The average molecular weight is 389 g/mol. The predicted molar refractivity (Wildman–Crippen MR) is 118 cm³/mol. The zero-order valence-corrected chi connectivity index (χ0v) is 17.1. The van der Waals surface area contributed by atoms with Gasteiger partial charge in [0.15, 0.2) is 5.82 Å². The fourth-order valence-corrected chi connectivity index (χ4v) is 3.74. The van der Waals surface area contributed by atoms with Gasteiger partial charge in [0.1, 0.15) is 17.4 Å². The van der Waals surface area contributed by atoms with E-state index < -0.39 is 0 Å². The van der Waals surface area contributed by atoms with Gasteiger partial charge in [0.25, 0.3) is 0 Å². The first kappa shape index (κ1) is 19.2. The Morgan fingerprint density at radius 2 is 1.86 bits per heavy atom. The molecule has 1 unspecified atom stereocenters. The summed E-state index contributed by atoms with van der Waals surface area (Å²) >= 11 is 0. The Balaban J connectivity index is 1.60. The Kier molecular flexibility index (Phi) is 5.94. The summed E-state index contributed by atoms with van der Waals surface area (Å²) in [7, 11) is 1.68. The van der Waals surface area contributed by atoms with Gasteiger partial charge in [0, 0.05) is 31.3 Å². The van der Waals surface area contributed by atoms with Crippen LogP contribution in [0.1, 0.15) is 25.3 Å². The van der Waals surface area contributed by atoms with Crippen molar-refractivity contribution >= 4 is 11.6 Å². The van der Waals surface area contributed by atoms with Crippen LogP contribution in [-0.4, -0.2) is 30.2 Å². The number of anilines is 2. The van der Waals surface area contributed by atoms with Crippen LogP contribution in [0.5, 0.6) is 5.75 Å². The molecule has 4 rings (SSSR count). The summed E-state index contributed by atoms with van der Waals surface area (Å²) in [6.45, 7) is 5.11. The van der Waals surface area contributed by atoms with Gasteiger partial charge in [-0.05, 0) is 36.5 Å². The van der Waals surface area contributed by atoms with E-state index in [1.807, 2.05) is 30.3 Å². The maximum atomic E-state index is 5.24. The van der Waals surface area contributed by atoms with Gasteiger partial charge in [0.2, 0.25) is 0 Å². The number of methoxy groups -OCH3 is 1. The molecule has 2 aromatic carbocycles. The molecule has 1 aliphatic heterocycles. The van der Waals surface area contributed by atoms with Gasteiger partial charge in [-0.2, -0.15) is 0 Å². The summed E-state index contributed by atoms with van der Waals surface area (Å²) in [6.07, 6.45) is 2.50. The van der Waals surface area contributed by atoms with Crippen molar-refractivity contribution in [1.82, 2.24) is 9.97 Å². The summed E-state index contributed by atoms with van der Waals surface area (Å²) in [5.74, 6) is 4.17. The lowest BCUT2D eigenvalue weighted by atomic mass is 10.0. The minimum atomic E-state index is 0.689. The molecule has 150 valence electrons. The molecule has 2 heterocycles. The zero-order valence-electron chi connectivity index (χ0n) is 17.1. The van der Waals surface area contributed by atoms with Crippen LogP contribution >= 0.6 is 0 Å². The Labute approximate surface area is 172 Å². The van der Waals surface area contributed by atoms with E-state index in [9.17, 15) is 0 Å². The molecule has 5 nitrogen and oxygen atoms in total. The number of aromatic nitrogens is 2. The molecule has 0 amide bonds. The number of benzene rings is 2. The topological polar surface area (TPSA) is 50.3 Å². The third-order valence-electron chi connectivity index (χ3n) is 5.36. The van der Waals surface area contributed by atoms with Crippen LogP contribution in [0, 0.1) is 5.92 Å². The minimum Gasteiger partial charge on any atom is -0.497 e. The lowest BCUT2D eigenvalue weighted by molar-refractivity contribution is 0.414. The molecule has 1 atom stereocenters. The number of hydrogen-bond acceptors (Lipinski definition) is 5. The van der Waals surface area contributed by atoms with E-state index in [-0.39, 0.29) is 0 Å². The first-order valence-electron chi connectivity index (χ1n) is 10.3. The van der Waals surface area contributed by atoms with Crippen molar-refractivity contribution in [1.29, 1.82) is 0 Å². The maximum Gasteiger partial charge on any atom is 0.163 e. The lowest BCUT2D eigenvalue weighted by Gasteiger charge is -2.32. The Morgan fingerprint density at radius 1 is 1.07 bits per heavy atom. The van der Waals surface area contributed by atoms with Gasteiger partial charge in [-0.15, -0.1) is 0 Å². The fourth-order valence-electron chi connectivity index (χ4n) is 3.74. The monoisotopic (exact) mass is 388 g/mol. The molecule has 0 saturated carbocycles. The van der Waals surface area contributed by atoms with Gasteiger partial charge in [-0.1, -0.05) is 49.4 Å². The SMILES string of the molecule is COc1ccc(CNc2cc(N3CCCC(C)C3)nc(-c3ccccc3)n2)cc1. The van der Waals surface area contributed by atoms with Crippen molar-refractivity contribution in [2.75, 3.05) is 30.4 Å². The van der Waals surface area contributed by atoms with Gasteiger partial charge >= 0.3 is 0 Å². The minimum absolute atomic E-state index is 0.689. The Bertz CT molecular complexity index is 927. The molecular formula is C24H28N4O. The second-order valence-corrected chi connectivity index (χ2v) is 7.70. The molecule has 1 fully saturated rings. The fraction of sp³-hybridized carbons (Fsp3) is 0.333. The van der Waals surface area contributed by atoms with Crippen LogP contribution in [-0.2, 0) is 6.54 Å². The second-order valence-electron chi connectivity index (χ2n) is 7.70. The van der Waals surface area contributed by atoms with Gasteiger partial charge in [0.05, 0.1) is 7.11 Å². The number of ether oxygens (including phenoxy) is 1. The van der Waals surface area contributed by atoms with Crippen molar-refractivity contribution in [3.05, 3.63) is 66.2 Å². The molecule has 0 bridgehead atoms. The van der Waals surface area contributed by atoms with E-state index in [4.69, 9.17) is 14.7 Å². The Hall–Kier alpha value is -3.08. The van der Waals surface area contributed by atoms with Crippen LogP contribution in [0.3, 0.4) is 0 Å². The van der Waals surface area contributed by atoms with Crippen molar-refractivity contribution in [2.45, 2.75) is 26.3 Å². The zero-order chi connectivity index (χ0) is 20.1. The van der Waals surface area contributed by atoms with Crippen LogP contribution in [0.2, 0.25) is 0 Å². The Morgan fingerprint density at radius 3 is 2.59 bits per heavy atom. The van der Waals surface area contributed by atoms with Gasteiger partial charge in [-0.3, -0.25) is 0 Å². The smallest absolute Gasteiger partial charge is 0.163 e. The standard InChI is InChI=1S/C24H28N4O/c1-18-7-6-14-28(17-18)23-15-22(25-16-19-10-12-21(29-2)13-11-19)26-24(27-23)20-8-4-3-5-9-20/h3-5,8-13,15,18H,6-7,14,16-17H2,1-2H3,(H,25,26,27). The van der Waals surface area contributed by atoms with Crippen molar-refractivity contribution in [3.8, 4) is 17.1 Å². The van der Waals surface area contributed by atoms with E-state index in [1.54, 1.807) is 7.11 Å². The second kappa shape index (κ2) is 8.95. The lowest BCUT2D eigenvalue weighted by Crippen LogP contribution is -2.35. The highest BCUT2D eigenvalue weighted by molar-refractivity contribution is 5.62. The number of piperidine rings is 1. The first-order chi connectivity index (χ1) is 14.2. The summed E-state index contributed by atoms with van der Waals surface area (Å²) in [5.41, 5.74) is 2.21. The van der Waals surface area contributed by atoms with Crippen LogP contribution in [0.15, 0.2) is 60.7 Å². The van der Waals surface area contributed by atoms with Crippen LogP contribution in [0.4, 0.5) is 11.6 Å².